The summed E-state index contributed by atoms with van der Waals surface area (Å²) in [7, 11) is -3.35. The third kappa shape index (κ3) is 3.07. The summed E-state index contributed by atoms with van der Waals surface area (Å²) in [6, 6.07) is 6.25. The Hall–Kier alpha value is -0.910. The zero-order valence-electron chi connectivity index (χ0n) is 13.6. The molecule has 2 saturated heterocycles. The van der Waals surface area contributed by atoms with Crippen molar-refractivity contribution in [3.63, 3.8) is 0 Å². The molecule has 0 aliphatic carbocycles. The van der Waals surface area contributed by atoms with Crippen LogP contribution in [0.2, 0.25) is 0 Å². The molecule has 0 aromatic heterocycles. The van der Waals surface area contributed by atoms with Gasteiger partial charge in [0.15, 0.2) is 0 Å². The maximum absolute atomic E-state index is 12.9. The van der Waals surface area contributed by atoms with Gasteiger partial charge in [-0.15, -0.1) is 0 Å². The first-order valence-corrected chi connectivity index (χ1v) is 9.74. The van der Waals surface area contributed by atoms with E-state index in [0.717, 1.165) is 24.0 Å². The van der Waals surface area contributed by atoms with Crippen LogP contribution in [0.4, 0.5) is 0 Å². The normalized spacial score (nSPS) is 22.3. The molecular formula is C17H26N2O2S. The van der Waals surface area contributed by atoms with Crippen LogP contribution in [0.1, 0.15) is 36.8 Å². The first-order valence-electron chi connectivity index (χ1n) is 8.30. The van der Waals surface area contributed by atoms with E-state index in [4.69, 9.17) is 0 Å². The Bertz CT molecular complexity index is 628. The number of nitrogens with zero attached hydrogens (tertiary/aromatic N) is 2. The number of benzene rings is 1. The lowest BCUT2D eigenvalue weighted by Crippen LogP contribution is -2.45. The van der Waals surface area contributed by atoms with Crippen molar-refractivity contribution in [2.24, 2.45) is 0 Å². The number of hydrogen-bond acceptors (Lipinski definition) is 3. The molecular weight excluding hydrogens is 296 g/mol. The number of hydrogen-bond donors (Lipinski definition) is 0. The van der Waals surface area contributed by atoms with Crippen molar-refractivity contribution >= 4 is 10.0 Å². The van der Waals surface area contributed by atoms with E-state index in [1.54, 1.807) is 10.4 Å². The molecule has 2 aliphatic heterocycles. The van der Waals surface area contributed by atoms with Crippen LogP contribution < -0.4 is 0 Å². The summed E-state index contributed by atoms with van der Waals surface area (Å²) in [4.78, 5) is 3.02. The van der Waals surface area contributed by atoms with Gasteiger partial charge >= 0.3 is 0 Å². The molecule has 0 bridgehead atoms. The molecule has 0 spiro atoms. The van der Waals surface area contributed by atoms with Gasteiger partial charge in [0.2, 0.25) is 10.0 Å². The van der Waals surface area contributed by atoms with Crippen LogP contribution in [-0.4, -0.2) is 49.8 Å². The average molecular weight is 322 g/mol. The molecule has 2 aliphatic rings. The van der Waals surface area contributed by atoms with E-state index in [2.05, 4.69) is 4.90 Å². The molecule has 1 aromatic rings. The highest BCUT2D eigenvalue weighted by Gasteiger charge is 2.33. The lowest BCUT2D eigenvalue weighted by atomic mass is 10.1. The number of piperidine rings is 1. The first-order chi connectivity index (χ1) is 10.5. The van der Waals surface area contributed by atoms with Crippen LogP contribution in [0.5, 0.6) is 0 Å². The van der Waals surface area contributed by atoms with Gasteiger partial charge < -0.3 is 4.90 Å². The lowest BCUT2D eigenvalue weighted by Gasteiger charge is -2.36. The molecule has 0 amide bonds. The maximum Gasteiger partial charge on any atom is 0.243 e. The summed E-state index contributed by atoms with van der Waals surface area (Å²) in [5.41, 5.74) is 1.84. The number of likely N-dealkylation sites (tertiary alicyclic amines) is 1. The number of sulfonamides is 1. The summed E-state index contributed by atoms with van der Waals surface area (Å²) in [5, 5.41) is 0. The fraction of sp³-hybridized carbons (Fsp3) is 0.647. The second-order valence-electron chi connectivity index (χ2n) is 6.65. The third-order valence-electron chi connectivity index (χ3n) is 5.04. The predicted octanol–water partition coefficient (Wildman–Crippen LogP) is 2.55. The molecule has 0 radical (unpaired) electrons. The van der Waals surface area contributed by atoms with Crippen molar-refractivity contribution in [2.45, 2.75) is 50.5 Å². The fourth-order valence-electron chi connectivity index (χ4n) is 3.68. The Morgan fingerprint density at radius 2 is 1.64 bits per heavy atom. The summed E-state index contributed by atoms with van der Waals surface area (Å²) in [6.07, 6.45) is 4.51. The van der Waals surface area contributed by atoms with Crippen LogP contribution in [0.25, 0.3) is 0 Å². The van der Waals surface area contributed by atoms with E-state index < -0.39 is 10.0 Å². The molecule has 0 unspecified atom stereocenters. The Labute approximate surface area is 134 Å². The highest BCUT2D eigenvalue weighted by atomic mass is 32.2. The van der Waals surface area contributed by atoms with Crippen LogP contribution >= 0.6 is 0 Å². The Kier molecular flexibility index (Phi) is 4.57. The molecule has 22 heavy (non-hydrogen) atoms. The van der Waals surface area contributed by atoms with E-state index in [9.17, 15) is 8.42 Å². The van der Waals surface area contributed by atoms with E-state index in [1.807, 2.05) is 26.0 Å². The number of rotatable bonds is 3. The smallest absolute Gasteiger partial charge is 0.243 e. The minimum atomic E-state index is -3.35. The molecule has 2 fully saturated rings. The van der Waals surface area contributed by atoms with Gasteiger partial charge in [0.05, 0.1) is 4.90 Å². The monoisotopic (exact) mass is 322 g/mol. The van der Waals surface area contributed by atoms with Gasteiger partial charge in [-0.05, 0) is 69.8 Å². The van der Waals surface area contributed by atoms with Crippen molar-refractivity contribution in [3.05, 3.63) is 29.3 Å². The topological polar surface area (TPSA) is 40.6 Å². The minimum Gasteiger partial charge on any atom is -0.300 e. The van der Waals surface area contributed by atoms with E-state index in [1.165, 1.54) is 25.9 Å². The van der Waals surface area contributed by atoms with Crippen LogP contribution in [0.3, 0.4) is 0 Å². The molecule has 0 atom stereocenters. The van der Waals surface area contributed by atoms with Gasteiger partial charge in [0, 0.05) is 19.1 Å². The first kappa shape index (κ1) is 16.0. The third-order valence-corrected chi connectivity index (χ3v) is 7.08. The van der Waals surface area contributed by atoms with Crippen molar-refractivity contribution in [2.75, 3.05) is 26.2 Å². The molecule has 5 heteroatoms. The summed E-state index contributed by atoms with van der Waals surface area (Å²) >= 11 is 0. The quantitative estimate of drug-likeness (QED) is 0.859. The zero-order valence-corrected chi connectivity index (χ0v) is 14.4. The molecule has 0 saturated carbocycles. The Balaban J connectivity index is 1.73. The summed E-state index contributed by atoms with van der Waals surface area (Å²) in [6.45, 7) is 7.50. The standard InChI is InChI=1S/C17H26N2O2S/c1-14-5-6-15(2)17(13-14)22(20,21)19-11-7-16(8-12-19)18-9-3-4-10-18/h5-6,13,16H,3-4,7-12H2,1-2H3. The highest BCUT2D eigenvalue weighted by Crippen LogP contribution is 2.27. The van der Waals surface area contributed by atoms with Crippen molar-refractivity contribution < 1.29 is 8.42 Å². The van der Waals surface area contributed by atoms with Crippen molar-refractivity contribution in [3.8, 4) is 0 Å². The molecule has 122 valence electrons. The van der Waals surface area contributed by atoms with Crippen LogP contribution in [-0.2, 0) is 10.0 Å². The van der Waals surface area contributed by atoms with Gasteiger partial charge in [-0.25, -0.2) is 8.42 Å². The molecule has 3 rings (SSSR count). The second-order valence-corrected chi connectivity index (χ2v) is 8.55. The van der Waals surface area contributed by atoms with E-state index >= 15 is 0 Å². The van der Waals surface area contributed by atoms with Gasteiger partial charge in [-0.2, -0.15) is 4.31 Å². The minimum absolute atomic E-state index is 0.479. The largest absolute Gasteiger partial charge is 0.300 e. The Morgan fingerprint density at radius 3 is 2.27 bits per heavy atom. The summed E-state index contributed by atoms with van der Waals surface area (Å²) in [5.74, 6) is 0. The lowest BCUT2D eigenvalue weighted by molar-refractivity contribution is 0.168. The van der Waals surface area contributed by atoms with E-state index in [0.29, 0.717) is 24.0 Å². The molecule has 0 N–H and O–H groups in total. The Morgan fingerprint density at radius 1 is 1.00 bits per heavy atom. The SMILES string of the molecule is Cc1ccc(C)c(S(=O)(=O)N2CCC(N3CCCC3)CC2)c1. The van der Waals surface area contributed by atoms with Gasteiger partial charge in [0.1, 0.15) is 0 Å². The predicted molar refractivity (Wildman–Crippen MR) is 88.5 cm³/mol. The fourth-order valence-corrected chi connectivity index (χ4v) is 5.46. The van der Waals surface area contributed by atoms with Gasteiger partial charge in [-0.1, -0.05) is 12.1 Å². The number of aryl methyl sites for hydroxylation is 2. The highest BCUT2D eigenvalue weighted by molar-refractivity contribution is 7.89. The average Bonchev–Trinajstić information content (AvgIpc) is 3.04. The molecule has 4 nitrogen and oxygen atoms in total. The van der Waals surface area contributed by atoms with Crippen LogP contribution in [0, 0.1) is 13.8 Å². The maximum atomic E-state index is 12.9. The van der Waals surface area contributed by atoms with Crippen molar-refractivity contribution in [1.29, 1.82) is 0 Å². The molecule has 1 aromatic carbocycles. The van der Waals surface area contributed by atoms with Crippen molar-refractivity contribution in [1.82, 2.24) is 9.21 Å². The van der Waals surface area contributed by atoms with Crippen LogP contribution in [0.15, 0.2) is 23.1 Å². The van der Waals surface area contributed by atoms with Gasteiger partial charge in [0.25, 0.3) is 0 Å². The van der Waals surface area contributed by atoms with Gasteiger partial charge in [-0.3, -0.25) is 0 Å². The zero-order chi connectivity index (χ0) is 15.7. The second kappa shape index (κ2) is 6.30. The van der Waals surface area contributed by atoms with E-state index in [-0.39, 0.29) is 0 Å². The molecule has 2 heterocycles. The summed E-state index contributed by atoms with van der Waals surface area (Å²) < 4.78 is 27.5.